The van der Waals surface area contributed by atoms with Crippen LogP contribution in [-0.2, 0) is 9.59 Å². The molecule has 0 bridgehead atoms. The zero-order valence-corrected chi connectivity index (χ0v) is 13.0. The van der Waals surface area contributed by atoms with Gasteiger partial charge in [0.2, 0.25) is 11.8 Å². The maximum absolute atomic E-state index is 11.9. The average Bonchev–Trinajstić information content (AvgIpc) is 2.28. The van der Waals surface area contributed by atoms with Crippen LogP contribution in [-0.4, -0.2) is 37.0 Å². The quantitative estimate of drug-likeness (QED) is 0.721. The summed E-state index contributed by atoms with van der Waals surface area (Å²) in [6, 6.07) is -0.251. The Hall–Kier alpha value is -0.810. The second-order valence-corrected chi connectivity index (χ2v) is 5.98. The van der Waals surface area contributed by atoms with E-state index in [1.54, 1.807) is 6.92 Å². The highest BCUT2D eigenvalue weighted by molar-refractivity contribution is 5.89. The van der Waals surface area contributed by atoms with Gasteiger partial charge in [-0.05, 0) is 32.9 Å². The van der Waals surface area contributed by atoms with Crippen molar-refractivity contribution in [1.82, 2.24) is 16.0 Å². The smallest absolute Gasteiger partial charge is 0.242 e. The summed E-state index contributed by atoms with van der Waals surface area (Å²) in [6.07, 6.45) is 1.90. The highest BCUT2D eigenvalue weighted by Crippen LogP contribution is 2.12. The minimum absolute atomic E-state index is 0. The molecule has 0 aromatic rings. The predicted octanol–water partition coefficient (Wildman–Crippen LogP) is 0.827. The third kappa shape index (κ3) is 6.25. The zero-order chi connectivity index (χ0) is 13.8. The molecule has 19 heavy (non-hydrogen) atoms. The molecule has 0 aromatic heterocycles. The molecule has 0 aromatic carbocycles. The van der Waals surface area contributed by atoms with Crippen LogP contribution < -0.4 is 16.0 Å². The summed E-state index contributed by atoms with van der Waals surface area (Å²) in [6.45, 7) is 9.10. The maximum atomic E-state index is 11.9. The van der Waals surface area contributed by atoms with Gasteiger partial charge in [-0.3, -0.25) is 9.59 Å². The Morgan fingerprint density at radius 2 is 1.74 bits per heavy atom. The van der Waals surface area contributed by atoms with Gasteiger partial charge in [0.05, 0.1) is 0 Å². The first-order valence-electron chi connectivity index (χ1n) is 6.63. The summed E-state index contributed by atoms with van der Waals surface area (Å²) in [7, 11) is 0. The molecule has 0 radical (unpaired) electrons. The van der Waals surface area contributed by atoms with Crippen LogP contribution in [0.25, 0.3) is 0 Å². The fraction of sp³-hybridized carbons (Fsp3) is 0.846. The van der Waals surface area contributed by atoms with Gasteiger partial charge < -0.3 is 16.0 Å². The number of piperidine rings is 1. The SMILES string of the molecule is CC(NC(=O)C(C)(C)C)C(=O)NC1CCNCC1.Cl. The molecule has 1 fully saturated rings. The molecule has 0 aliphatic carbocycles. The molecule has 1 heterocycles. The molecular weight excluding hydrogens is 266 g/mol. The first-order chi connectivity index (χ1) is 8.30. The van der Waals surface area contributed by atoms with E-state index < -0.39 is 11.5 Å². The molecule has 0 spiro atoms. The normalized spacial score (nSPS) is 18.1. The van der Waals surface area contributed by atoms with Crippen LogP contribution in [0.4, 0.5) is 0 Å². The fourth-order valence-corrected chi connectivity index (χ4v) is 1.77. The molecule has 1 unspecified atom stereocenters. The van der Waals surface area contributed by atoms with Gasteiger partial charge in [0.15, 0.2) is 0 Å². The lowest BCUT2D eigenvalue weighted by atomic mass is 9.95. The Morgan fingerprint density at radius 1 is 1.21 bits per heavy atom. The Morgan fingerprint density at radius 3 is 2.21 bits per heavy atom. The van der Waals surface area contributed by atoms with E-state index in [9.17, 15) is 9.59 Å². The molecule has 1 saturated heterocycles. The summed E-state index contributed by atoms with van der Waals surface area (Å²) in [4.78, 5) is 23.7. The number of amides is 2. The van der Waals surface area contributed by atoms with Gasteiger partial charge in [-0.1, -0.05) is 20.8 Å². The lowest BCUT2D eigenvalue weighted by molar-refractivity contribution is -0.133. The molecule has 2 amide bonds. The molecular formula is C13H26ClN3O2. The van der Waals surface area contributed by atoms with E-state index in [2.05, 4.69) is 16.0 Å². The van der Waals surface area contributed by atoms with E-state index in [0.717, 1.165) is 25.9 Å². The van der Waals surface area contributed by atoms with Gasteiger partial charge in [0.25, 0.3) is 0 Å². The molecule has 112 valence electrons. The number of carbonyl (C=O) groups excluding carboxylic acids is 2. The number of nitrogens with one attached hydrogen (secondary N) is 3. The Kier molecular flexibility index (Phi) is 7.37. The average molecular weight is 292 g/mol. The van der Waals surface area contributed by atoms with E-state index in [0.29, 0.717) is 0 Å². The number of carbonyl (C=O) groups is 2. The van der Waals surface area contributed by atoms with Crippen LogP contribution in [0.3, 0.4) is 0 Å². The largest absolute Gasteiger partial charge is 0.351 e. The van der Waals surface area contributed by atoms with E-state index in [4.69, 9.17) is 0 Å². The molecule has 6 heteroatoms. The topological polar surface area (TPSA) is 70.2 Å². The molecule has 5 nitrogen and oxygen atoms in total. The van der Waals surface area contributed by atoms with Crippen LogP contribution in [0.2, 0.25) is 0 Å². The number of hydrogen-bond acceptors (Lipinski definition) is 3. The van der Waals surface area contributed by atoms with Gasteiger partial charge >= 0.3 is 0 Å². The first-order valence-corrected chi connectivity index (χ1v) is 6.63. The van der Waals surface area contributed by atoms with Gasteiger partial charge in [-0.2, -0.15) is 0 Å². The summed E-state index contributed by atoms with van der Waals surface area (Å²) >= 11 is 0. The fourth-order valence-electron chi connectivity index (χ4n) is 1.77. The van der Waals surface area contributed by atoms with E-state index in [1.165, 1.54) is 0 Å². The molecule has 1 atom stereocenters. The van der Waals surface area contributed by atoms with Crippen molar-refractivity contribution in [2.45, 2.75) is 52.6 Å². The van der Waals surface area contributed by atoms with E-state index >= 15 is 0 Å². The Bertz CT molecular complexity index is 310. The van der Waals surface area contributed by atoms with Crippen LogP contribution in [0.15, 0.2) is 0 Å². The molecule has 1 aliphatic rings. The summed E-state index contributed by atoms with van der Waals surface area (Å²) in [5.74, 6) is -0.199. The maximum Gasteiger partial charge on any atom is 0.242 e. The van der Waals surface area contributed by atoms with Crippen LogP contribution in [0.5, 0.6) is 0 Å². The second-order valence-electron chi connectivity index (χ2n) is 5.98. The Balaban J connectivity index is 0.00000324. The second kappa shape index (κ2) is 7.70. The van der Waals surface area contributed by atoms with Gasteiger partial charge in [0, 0.05) is 11.5 Å². The van der Waals surface area contributed by atoms with Crippen molar-refractivity contribution in [3.63, 3.8) is 0 Å². The van der Waals surface area contributed by atoms with Crippen molar-refractivity contribution in [2.24, 2.45) is 5.41 Å². The number of hydrogen-bond donors (Lipinski definition) is 3. The minimum Gasteiger partial charge on any atom is -0.351 e. The Labute approximate surface area is 121 Å². The summed E-state index contributed by atoms with van der Waals surface area (Å²) in [5.41, 5.74) is -0.469. The van der Waals surface area contributed by atoms with Crippen LogP contribution in [0.1, 0.15) is 40.5 Å². The highest BCUT2D eigenvalue weighted by Gasteiger charge is 2.26. The zero-order valence-electron chi connectivity index (χ0n) is 12.2. The van der Waals surface area contributed by atoms with Crippen molar-refractivity contribution < 1.29 is 9.59 Å². The van der Waals surface area contributed by atoms with Crippen LogP contribution >= 0.6 is 12.4 Å². The predicted molar refractivity (Wildman–Crippen MR) is 78.3 cm³/mol. The minimum atomic E-state index is -0.480. The highest BCUT2D eigenvalue weighted by atomic mass is 35.5. The number of rotatable bonds is 3. The van der Waals surface area contributed by atoms with Crippen molar-refractivity contribution in [3.8, 4) is 0 Å². The van der Waals surface area contributed by atoms with Gasteiger partial charge in [-0.25, -0.2) is 0 Å². The molecule has 1 aliphatic heterocycles. The molecule has 0 saturated carbocycles. The summed E-state index contributed by atoms with van der Waals surface area (Å²) in [5, 5.41) is 8.97. The standard InChI is InChI=1S/C13H25N3O2.ClH/c1-9(15-12(18)13(2,3)4)11(17)16-10-5-7-14-8-6-10;/h9-10,14H,5-8H2,1-4H3,(H,15,18)(H,16,17);1H. The van der Waals surface area contributed by atoms with E-state index in [1.807, 2.05) is 20.8 Å². The van der Waals surface area contributed by atoms with Crippen molar-refractivity contribution >= 4 is 24.2 Å². The van der Waals surface area contributed by atoms with Crippen molar-refractivity contribution in [2.75, 3.05) is 13.1 Å². The number of halogens is 1. The lowest BCUT2D eigenvalue weighted by Crippen LogP contribution is -2.52. The third-order valence-electron chi connectivity index (χ3n) is 3.11. The van der Waals surface area contributed by atoms with Crippen LogP contribution in [0, 0.1) is 5.41 Å². The molecule has 1 rings (SSSR count). The monoisotopic (exact) mass is 291 g/mol. The lowest BCUT2D eigenvalue weighted by Gasteiger charge is -2.26. The van der Waals surface area contributed by atoms with E-state index in [-0.39, 0.29) is 30.3 Å². The van der Waals surface area contributed by atoms with Crippen molar-refractivity contribution in [1.29, 1.82) is 0 Å². The third-order valence-corrected chi connectivity index (χ3v) is 3.11. The van der Waals surface area contributed by atoms with Gasteiger partial charge in [-0.15, -0.1) is 12.4 Å². The van der Waals surface area contributed by atoms with Gasteiger partial charge in [0.1, 0.15) is 6.04 Å². The first kappa shape index (κ1) is 18.2. The van der Waals surface area contributed by atoms with Crippen molar-refractivity contribution in [3.05, 3.63) is 0 Å². The summed E-state index contributed by atoms with van der Waals surface area (Å²) < 4.78 is 0. The molecule has 3 N–H and O–H groups in total.